The summed E-state index contributed by atoms with van der Waals surface area (Å²) < 4.78 is 0. The Bertz CT molecular complexity index is 1300. The molecule has 3 aromatic carbocycles. The zero-order chi connectivity index (χ0) is 24.9. The molecule has 0 bridgehead atoms. The number of amides is 3. The third-order valence-corrected chi connectivity index (χ3v) is 6.24. The Balaban J connectivity index is 1.42. The summed E-state index contributed by atoms with van der Waals surface area (Å²) in [7, 11) is 0. The topological polar surface area (TPSA) is 78.5 Å². The van der Waals surface area contributed by atoms with Crippen LogP contribution in [0.2, 0.25) is 5.02 Å². The van der Waals surface area contributed by atoms with E-state index in [1.807, 2.05) is 24.3 Å². The number of carbonyl (C=O) groups is 3. The first kappa shape index (κ1) is 24.5. The highest BCUT2D eigenvalue weighted by molar-refractivity contribution is 6.53. The van der Waals surface area contributed by atoms with Gasteiger partial charge in [-0.2, -0.15) is 0 Å². The number of aryl methyl sites for hydroxylation is 1. The van der Waals surface area contributed by atoms with Gasteiger partial charge in [0, 0.05) is 16.9 Å². The summed E-state index contributed by atoms with van der Waals surface area (Å²) in [6.45, 7) is 2.15. The number of carbonyl (C=O) groups excluding carboxylic acids is 3. The summed E-state index contributed by atoms with van der Waals surface area (Å²) in [5.74, 6) is -1.53. The first-order valence-electron chi connectivity index (χ1n) is 11.2. The molecule has 35 heavy (non-hydrogen) atoms. The Morgan fingerprint density at radius 3 is 2.17 bits per heavy atom. The van der Waals surface area contributed by atoms with E-state index >= 15 is 0 Å². The molecule has 3 amide bonds. The number of imide groups is 1. The molecule has 0 unspecified atom stereocenters. The van der Waals surface area contributed by atoms with Gasteiger partial charge in [-0.25, -0.2) is 4.90 Å². The zero-order valence-electron chi connectivity index (χ0n) is 19.0. The lowest BCUT2D eigenvalue weighted by Gasteiger charge is -2.16. The average Bonchev–Trinajstić information content (AvgIpc) is 3.07. The quantitative estimate of drug-likeness (QED) is 0.347. The fourth-order valence-corrected chi connectivity index (χ4v) is 4.08. The Hall–Kier alpha value is -3.61. The number of unbranched alkanes of at least 4 members (excludes halogenated alkanes) is 1. The molecular formula is C27H23Cl2N3O3. The normalized spacial score (nSPS) is 13.4. The van der Waals surface area contributed by atoms with Crippen molar-refractivity contribution in [3.05, 3.63) is 99.7 Å². The van der Waals surface area contributed by atoms with Crippen LogP contribution >= 0.6 is 23.2 Å². The van der Waals surface area contributed by atoms with E-state index in [2.05, 4.69) is 17.6 Å². The average molecular weight is 508 g/mol. The molecule has 0 saturated heterocycles. The summed E-state index contributed by atoms with van der Waals surface area (Å²) in [6, 6.07) is 20.8. The van der Waals surface area contributed by atoms with Gasteiger partial charge in [-0.3, -0.25) is 14.4 Å². The third-order valence-electron chi connectivity index (χ3n) is 5.57. The van der Waals surface area contributed by atoms with Gasteiger partial charge in [0.1, 0.15) is 10.7 Å². The van der Waals surface area contributed by atoms with E-state index in [0.29, 0.717) is 16.9 Å². The minimum atomic E-state index is -0.663. The first-order valence-corrected chi connectivity index (χ1v) is 11.9. The molecule has 4 rings (SSSR count). The zero-order valence-corrected chi connectivity index (χ0v) is 20.5. The minimum absolute atomic E-state index is 0.0584. The predicted molar refractivity (Wildman–Crippen MR) is 140 cm³/mol. The lowest BCUT2D eigenvalue weighted by molar-refractivity contribution is -0.120. The molecule has 1 aliphatic rings. The summed E-state index contributed by atoms with van der Waals surface area (Å²) in [5, 5.41) is 5.78. The summed E-state index contributed by atoms with van der Waals surface area (Å²) in [6.07, 6.45) is 3.28. The van der Waals surface area contributed by atoms with Crippen molar-refractivity contribution < 1.29 is 14.4 Å². The van der Waals surface area contributed by atoms with E-state index in [0.717, 1.165) is 24.2 Å². The molecule has 3 aromatic rings. The number of nitrogens with one attached hydrogen (secondary N) is 2. The van der Waals surface area contributed by atoms with Crippen LogP contribution in [0, 0.1) is 0 Å². The number of rotatable bonds is 8. The number of para-hydroxylation sites is 1. The Kier molecular flexibility index (Phi) is 7.54. The van der Waals surface area contributed by atoms with Crippen LogP contribution in [0.25, 0.3) is 0 Å². The van der Waals surface area contributed by atoms with E-state index in [1.165, 1.54) is 5.56 Å². The lowest BCUT2D eigenvalue weighted by Crippen LogP contribution is -2.32. The molecule has 178 valence electrons. The van der Waals surface area contributed by atoms with Gasteiger partial charge < -0.3 is 10.6 Å². The fourth-order valence-electron chi connectivity index (χ4n) is 3.65. The number of nitrogens with zero attached hydrogens (tertiary/aromatic N) is 1. The second kappa shape index (κ2) is 10.8. The highest BCUT2D eigenvalue weighted by atomic mass is 35.5. The van der Waals surface area contributed by atoms with Crippen LogP contribution in [0.3, 0.4) is 0 Å². The van der Waals surface area contributed by atoms with Gasteiger partial charge in [-0.05, 0) is 66.9 Å². The molecule has 0 atom stereocenters. The first-order chi connectivity index (χ1) is 16.9. The van der Waals surface area contributed by atoms with Crippen LogP contribution in [0.1, 0.15) is 35.7 Å². The van der Waals surface area contributed by atoms with Crippen molar-refractivity contribution in [1.82, 2.24) is 0 Å². The molecule has 0 aromatic heterocycles. The van der Waals surface area contributed by atoms with Crippen LogP contribution in [0.5, 0.6) is 0 Å². The van der Waals surface area contributed by atoms with Gasteiger partial charge in [-0.15, -0.1) is 0 Å². The Morgan fingerprint density at radius 2 is 1.51 bits per heavy atom. The molecule has 6 nitrogen and oxygen atoms in total. The van der Waals surface area contributed by atoms with E-state index in [4.69, 9.17) is 23.2 Å². The van der Waals surface area contributed by atoms with Gasteiger partial charge in [0.15, 0.2) is 0 Å². The van der Waals surface area contributed by atoms with Gasteiger partial charge >= 0.3 is 0 Å². The standard InChI is InChI=1S/C27H23Cl2N3O3/c1-2-3-6-17-9-13-20(14-10-17)31-25(33)18-11-15-19(16-12-18)30-24-23(29)26(34)32(27(24)35)22-8-5-4-7-21(22)28/h4-5,7-16,30H,2-3,6H2,1H3,(H,31,33). The summed E-state index contributed by atoms with van der Waals surface area (Å²) in [4.78, 5) is 39.1. The smallest absolute Gasteiger partial charge is 0.283 e. The second-order valence-electron chi connectivity index (χ2n) is 8.04. The third kappa shape index (κ3) is 5.39. The van der Waals surface area contributed by atoms with Crippen molar-refractivity contribution in [2.75, 3.05) is 15.5 Å². The molecule has 0 radical (unpaired) electrons. The maximum absolute atomic E-state index is 12.9. The molecule has 0 spiro atoms. The molecule has 0 aliphatic carbocycles. The van der Waals surface area contributed by atoms with Gasteiger partial charge in [0.2, 0.25) is 0 Å². The van der Waals surface area contributed by atoms with Crippen molar-refractivity contribution in [2.45, 2.75) is 26.2 Å². The largest absolute Gasteiger partial charge is 0.350 e. The second-order valence-corrected chi connectivity index (χ2v) is 8.83. The fraction of sp³-hybridized carbons (Fsp3) is 0.148. The number of benzene rings is 3. The van der Waals surface area contributed by atoms with Gasteiger partial charge in [-0.1, -0.05) is 60.8 Å². The monoisotopic (exact) mass is 507 g/mol. The van der Waals surface area contributed by atoms with Gasteiger partial charge in [0.05, 0.1) is 10.7 Å². The number of anilines is 3. The van der Waals surface area contributed by atoms with Crippen LogP contribution < -0.4 is 15.5 Å². The minimum Gasteiger partial charge on any atom is -0.350 e. The number of hydrogen-bond acceptors (Lipinski definition) is 4. The number of halogens is 2. The van der Waals surface area contributed by atoms with Gasteiger partial charge in [0.25, 0.3) is 17.7 Å². The van der Waals surface area contributed by atoms with Crippen molar-refractivity contribution >= 4 is 58.0 Å². The molecule has 8 heteroatoms. The van der Waals surface area contributed by atoms with Crippen LogP contribution in [-0.2, 0) is 16.0 Å². The Morgan fingerprint density at radius 1 is 0.857 bits per heavy atom. The van der Waals surface area contributed by atoms with E-state index in [1.54, 1.807) is 48.5 Å². The van der Waals surface area contributed by atoms with Crippen LogP contribution in [-0.4, -0.2) is 17.7 Å². The highest BCUT2D eigenvalue weighted by Gasteiger charge is 2.39. The Labute approximate surface area is 213 Å². The summed E-state index contributed by atoms with van der Waals surface area (Å²) >= 11 is 12.3. The van der Waals surface area contributed by atoms with E-state index in [9.17, 15) is 14.4 Å². The molecule has 0 saturated carbocycles. The van der Waals surface area contributed by atoms with Crippen molar-refractivity contribution in [1.29, 1.82) is 0 Å². The van der Waals surface area contributed by atoms with Crippen molar-refractivity contribution in [2.24, 2.45) is 0 Å². The van der Waals surface area contributed by atoms with Crippen molar-refractivity contribution in [3.63, 3.8) is 0 Å². The molecule has 1 heterocycles. The van der Waals surface area contributed by atoms with E-state index < -0.39 is 11.8 Å². The maximum Gasteiger partial charge on any atom is 0.283 e. The molecule has 0 fully saturated rings. The van der Waals surface area contributed by atoms with E-state index in [-0.39, 0.29) is 27.3 Å². The molecular weight excluding hydrogens is 485 g/mol. The highest BCUT2D eigenvalue weighted by Crippen LogP contribution is 2.34. The lowest BCUT2D eigenvalue weighted by atomic mass is 10.1. The van der Waals surface area contributed by atoms with Crippen LogP contribution in [0.15, 0.2) is 83.5 Å². The summed E-state index contributed by atoms with van der Waals surface area (Å²) in [5.41, 5.74) is 3.08. The molecule has 1 aliphatic heterocycles. The van der Waals surface area contributed by atoms with Crippen molar-refractivity contribution in [3.8, 4) is 0 Å². The molecule has 2 N–H and O–H groups in total. The number of hydrogen-bond donors (Lipinski definition) is 2. The SMILES string of the molecule is CCCCc1ccc(NC(=O)c2ccc(NC3=C(Cl)C(=O)N(c4ccccc4Cl)C3=O)cc2)cc1. The van der Waals surface area contributed by atoms with Crippen LogP contribution in [0.4, 0.5) is 17.1 Å². The predicted octanol–water partition coefficient (Wildman–Crippen LogP) is 6.37. The maximum atomic E-state index is 12.9.